The molecule has 1 rings (SSSR count). The zero-order valence-electron chi connectivity index (χ0n) is 13.0. The Balaban J connectivity index is 2.13. The maximum atomic E-state index is 9.52. The molecule has 0 heterocycles. The lowest BCUT2D eigenvalue weighted by atomic mass is 9.86. The Labute approximate surface area is 122 Å². The molecule has 0 aliphatic heterocycles. The monoisotopic (exact) mass is 285 g/mol. The van der Waals surface area contributed by atoms with Gasteiger partial charge in [-0.1, -0.05) is 38.3 Å². The van der Waals surface area contributed by atoms with E-state index >= 15 is 0 Å². The highest BCUT2D eigenvalue weighted by Gasteiger charge is 2.32. The molecule has 0 aromatic carbocycles. The predicted octanol–water partition coefficient (Wildman–Crippen LogP) is 2.07. The van der Waals surface area contributed by atoms with Crippen LogP contribution in [0.2, 0.25) is 0 Å². The Kier molecular flexibility index (Phi) is 6.76. The van der Waals surface area contributed by atoms with Crippen molar-refractivity contribution in [2.45, 2.75) is 58.8 Å². The molecule has 0 bridgehead atoms. The van der Waals surface area contributed by atoms with Crippen molar-refractivity contribution in [2.24, 2.45) is 21.7 Å². The van der Waals surface area contributed by atoms with Crippen molar-refractivity contribution < 1.29 is 10.3 Å². The summed E-state index contributed by atoms with van der Waals surface area (Å²) in [5.41, 5.74) is 5.55. The number of unbranched alkanes of at least 4 members (excludes halogenated alkanes) is 1. The van der Waals surface area contributed by atoms with Crippen LogP contribution in [-0.4, -0.2) is 35.8 Å². The Morgan fingerprint density at radius 2 is 1.95 bits per heavy atom. The molecule has 5 N–H and O–H groups in total. The highest BCUT2D eigenvalue weighted by atomic mass is 16.4. The number of nitrogens with zero attached hydrogens (tertiary/aromatic N) is 1. The first-order chi connectivity index (χ1) is 9.46. The normalized spacial score (nSPS) is 19.4. The van der Waals surface area contributed by atoms with Gasteiger partial charge in [0, 0.05) is 24.0 Å². The molecule has 0 aromatic heterocycles. The summed E-state index contributed by atoms with van der Waals surface area (Å²) in [6, 6.07) is 0. The van der Waals surface area contributed by atoms with E-state index in [1.54, 1.807) is 0 Å². The predicted molar refractivity (Wildman–Crippen MR) is 81.9 cm³/mol. The summed E-state index contributed by atoms with van der Waals surface area (Å²) < 4.78 is 0. The molecular formula is C15H31N3O2. The van der Waals surface area contributed by atoms with Gasteiger partial charge in [-0.3, -0.25) is 0 Å². The zero-order chi connectivity index (χ0) is 15.1. The summed E-state index contributed by atoms with van der Waals surface area (Å²) >= 11 is 0. The van der Waals surface area contributed by atoms with E-state index in [9.17, 15) is 5.11 Å². The maximum absolute atomic E-state index is 9.52. The quantitative estimate of drug-likeness (QED) is 0.172. The molecule has 5 heteroatoms. The maximum Gasteiger partial charge on any atom is 0.144 e. The molecule has 20 heavy (non-hydrogen) atoms. The standard InChI is InChI=1S/C15H31N3O2/c1-14(2,13(16)18-20)7-5-6-10-17-11-15(12-19)8-3-4-9-15/h17,19-20H,3-12H2,1-2H3,(H2,16,18). The number of rotatable bonds is 9. The van der Waals surface area contributed by atoms with Gasteiger partial charge in [-0.2, -0.15) is 0 Å². The number of oxime groups is 1. The molecule has 1 saturated carbocycles. The Hall–Kier alpha value is -0.810. The minimum Gasteiger partial charge on any atom is -0.409 e. The first-order valence-corrected chi connectivity index (χ1v) is 7.75. The van der Waals surface area contributed by atoms with Gasteiger partial charge >= 0.3 is 0 Å². The van der Waals surface area contributed by atoms with E-state index in [1.807, 2.05) is 13.8 Å². The van der Waals surface area contributed by atoms with Crippen LogP contribution >= 0.6 is 0 Å². The SMILES string of the molecule is CC(C)(CCCCNCC1(CO)CCCC1)C(N)=NO. The molecule has 0 radical (unpaired) electrons. The van der Waals surface area contributed by atoms with Crippen molar-refractivity contribution in [1.29, 1.82) is 0 Å². The van der Waals surface area contributed by atoms with Crippen LogP contribution in [-0.2, 0) is 0 Å². The number of aliphatic hydroxyl groups excluding tert-OH is 1. The van der Waals surface area contributed by atoms with Crippen molar-refractivity contribution in [1.82, 2.24) is 5.32 Å². The lowest BCUT2D eigenvalue weighted by molar-refractivity contribution is 0.128. The van der Waals surface area contributed by atoms with Crippen LogP contribution in [0.1, 0.15) is 58.8 Å². The summed E-state index contributed by atoms with van der Waals surface area (Å²) in [5.74, 6) is 0.302. The van der Waals surface area contributed by atoms with Crippen LogP contribution in [0.5, 0.6) is 0 Å². The highest BCUT2D eigenvalue weighted by molar-refractivity contribution is 5.85. The molecule has 0 spiro atoms. The number of amidine groups is 1. The van der Waals surface area contributed by atoms with Gasteiger partial charge in [0.15, 0.2) is 0 Å². The van der Waals surface area contributed by atoms with Crippen LogP contribution in [0.25, 0.3) is 0 Å². The average molecular weight is 285 g/mol. The second-order valence-electron chi connectivity index (χ2n) is 6.87. The van der Waals surface area contributed by atoms with Crippen molar-refractivity contribution in [3.63, 3.8) is 0 Å². The molecule has 5 nitrogen and oxygen atoms in total. The van der Waals surface area contributed by atoms with Gasteiger partial charge in [-0.25, -0.2) is 0 Å². The topological polar surface area (TPSA) is 90.9 Å². The van der Waals surface area contributed by atoms with Gasteiger partial charge in [0.25, 0.3) is 0 Å². The number of nitrogens with two attached hydrogens (primary N) is 1. The zero-order valence-corrected chi connectivity index (χ0v) is 13.0. The fraction of sp³-hybridized carbons (Fsp3) is 0.933. The van der Waals surface area contributed by atoms with Crippen molar-refractivity contribution >= 4 is 5.84 Å². The minimum atomic E-state index is -0.244. The van der Waals surface area contributed by atoms with Crippen molar-refractivity contribution in [2.75, 3.05) is 19.7 Å². The lowest BCUT2D eigenvalue weighted by Crippen LogP contribution is -2.35. The molecule has 0 amide bonds. The second kappa shape index (κ2) is 7.84. The summed E-state index contributed by atoms with van der Waals surface area (Å²) in [7, 11) is 0. The highest BCUT2D eigenvalue weighted by Crippen LogP contribution is 2.36. The third kappa shape index (κ3) is 4.94. The van der Waals surface area contributed by atoms with E-state index in [0.29, 0.717) is 12.4 Å². The van der Waals surface area contributed by atoms with Gasteiger partial charge in [0.05, 0.1) is 0 Å². The smallest absolute Gasteiger partial charge is 0.144 e. The second-order valence-corrected chi connectivity index (χ2v) is 6.87. The van der Waals surface area contributed by atoms with Crippen LogP contribution in [0, 0.1) is 10.8 Å². The molecule has 0 aromatic rings. The number of hydrogen-bond donors (Lipinski definition) is 4. The molecule has 1 fully saturated rings. The van der Waals surface area contributed by atoms with Crippen molar-refractivity contribution in [3.05, 3.63) is 0 Å². The molecule has 0 saturated heterocycles. The van der Waals surface area contributed by atoms with Crippen molar-refractivity contribution in [3.8, 4) is 0 Å². The van der Waals surface area contributed by atoms with Gasteiger partial charge in [0.2, 0.25) is 0 Å². The first kappa shape index (κ1) is 17.2. The largest absolute Gasteiger partial charge is 0.409 e. The van der Waals surface area contributed by atoms with E-state index < -0.39 is 0 Å². The molecular weight excluding hydrogens is 254 g/mol. The van der Waals surface area contributed by atoms with Gasteiger partial charge in [-0.05, 0) is 32.2 Å². The van der Waals surface area contributed by atoms with Gasteiger partial charge < -0.3 is 21.4 Å². The Morgan fingerprint density at radius 1 is 1.30 bits per heavy atom. The van der Waals surface area contributed by atoms with Crippen LogP contribution < -0.4 is 11.1 Å². The third-order valence-electron chi connectivity index (χ3n) is 4.71. The van der Waals surface area contributed by atoms with Gasteiger partial charge in [-0.15, -0.1) is 0 Å². The fourth-order valence-corrected chi connectivity index (χ4v) is 2.95. The first-order valence-electron chi connectivity index (χ1n) is 7.75. The van der Waals surface area contributed by atoms with E-state index in [2.05, 4.69) is 10.5 Å². The molecule has 1 aliphatic rings. The lowest BCUT2D eigenvalue weighted by Gasteiger charge is -2.27. The van der Waals surface area contributed by atoms with E-state index in [-0.39, 0.29) is 10.8 Å². The third-order valence-corrected chi connectivity index (χ3v) is 4.71. The summed E-state index contributed by atoms with van der Waals surface area (Å²) in [6.07, 6.45) is 7.81. The molecule has 0 atom stereocenters. The average Bonchev–Trinajstić information content (AvgIpc) is 2.91. The number of hydrogen-bond acceptors (Lipinski definition) is 4. The van der Waals surface area contributed by atoms with E-state index in [1.165, 1.54) is 12.8 Å². The summed E-state index contributed by atoms with van der Waals surface area (Å²) in [4.78, 5) is 0. The Morgan fingerprint density at radius 3 is 2.50 bits per heavy atom. The fourth-order valence-electron chi connectivity index (χ4n) is 2.95. The van der Waals surface area contributed by atoms with Gasteiger partial charge in [0.1, 0.15) is 5.84 Å². The van der Waals surface area contributed by atoms with Crippen LogP contribution in [0.3, 0.4) is 0 Å². The van der Waals surface area contributed by atoms with E-state index in [4.69, 9.17) is 10.9 Å². The van der Waals surface area contributed by atoms with Crippen LogP contribution in [0.4, 0.5) is 0 Å². The molecule has 1 aliphatic carbocycles. The van der Waals surface area contributed by atoms with Crippen LogP contribution in [0.15, 0.2) is 5.16 Å². The number of nitrogens with one attached hydrogen (secondary N) is 1. The molecule has 0 unspecified atom stereocenters. The molecule has 118 valence electrons. The Bertz CT molecular complexity index is 310. The minimum absolute atomic E-state index is 0.132. The summed E-state index contributed by atoms with van der Waals surface area (Å²) in [5, 5.41) is 24.8. The van der Waals surface area contributed by atoms with E-state index in [0.717, 1.165) is 45.2 Å². The summed E-state index contributed by atoms with van der Waals surface area (Å²) in [6.45, 7) is 6.18. The number of aliphatic hydroxyl groups is 1.